The lowest BCUT2D eigenvalue weighted by Gasteiger charge is -2.28. The van der Waals surface area contributed by atoms with E-state index in [1.165, 1.54) is 12.1 Å². The summed E-state index contributed by atoms with van der Waals surface area (Å²) in [6, 6.07) is 3.95. The quantitative estimate of drug-likeness (QED) is 0.803. The Morgan fingerprint density at radius 1 is 1.18 bits per heavy atom. The van der Waals surface area contributed by atoms with E-state index in [1.54, 1.807) is 0 Å². The predicted octanol–water partition coefficient (Wildman–Crippen LogP) is 2.81. The number of aliphatic hydroxyl groups is 1. The molecule has 22 heavy (non-hydrogen) atoms. The number of amides is 2. The van der Waals surface area contributed by atoms with Crippen LogP contribution in [0.5, 0.6) is 0 Å². The molecule has 1 aromatic carbocycles. The van der Waals surface area contributed by atoms with Gasteiger partial charge < -0.3 is 15.7 Å². The number of halogens is 3. The summed E-state index contributed by atoms with van der Waals surface area (Å²) in [5.74, 6) is 0. The number of carbonyl (C=O) groups is 1. The van der Waals surface area contributed by atoms with Crippen LogP contribution in [0.2, 0.25) is 0 Å². The molecule has 122 valence electrons. The molecule has 0 spiro atoms. The Morgan fingerprint density at radius 3 is 2.41 bits per heavy atom. The maximum atomic E-state index is 12.4. The van der Waals surface area contributed by atoms with Crippen LogP contribution in [0.4, 0.5) is 18.0 Å². The zero-order valence-corrected chi connectivity index (χ0v) is 12.0. The van der Waals surface area contributed by atoms with E-state index in [0.717, 1.165) is 31.4 Å². The third-order valence-corrected chi connectivity index (χ3v) is 3.78. The first kappa shape index (κ1) is 16.6. The molecule has 1 aliphatic carbocycles. The van der Waals surface area contributed by atoms with Crippen molar-refractivity contribution < 1.29 is 23.1 Å². The molecule has 1 aromatic rings. The molecule has 2 atom stereocenters. The molecule has 1 aliphatic rings. The Morgan fingerprint density at radius 2 is 1.82 bits per heavy atom. The fraction of sp³-hybridized carbons (Fsp3) is 0.533. The lowest BCUT2D eigenvalue weighted by atomic mass is 9.93. The zero-order valence-electron chi connectivity index (χ0n) is 12.0. The van der Waals surface area contributed by atoms with Crippen LogP contribution in [0.15, 0.2) is 24.3 Å². The van der Waals surface area contributed by atoms with E-state index in [2.05, 4.69) is 10.6 Å². The van der Waals surface area contributed by atoms with Gasteiger partial charge in [-0.15, -0.1) is 0 Å². The third-order valence-electron chi connectivity index (χ3n) is 3.78. The van der Waals surface area contributed by atoms with Crippen LogP contribution < -0.4 is 10.6 Å². The first-order valence-electron chi connectivity index (χ1n) is 7.25. The minimum atomic E-state index is -4.36. The number of nitrogens with one attached hydrogen (secondary N) is 2. The van der Waals surface area contributed by atoms with E-state index < -0.39 is 23.9 Å². The van der Waals surface area contributed by atoms with Gasteiger partial charge in [0.15, 0.2) is 0 Å². The van der Waals surface area contributed by atoms with E-state index in [-0.39, 0.29) is 12.6 Å². The third kappa shape index (κ3) is 4.62. The standard InChI is InChI=1S/C15H19F3N2O2/c16-15(17,18)11-7-5-10(6-8-11)9-19-14(22)20-12-3-1-2-4-13(12)21/h5-8,12-13,21H,1-4,9H2,(H2,19,20,22). The molecular weight excluding hydrogens is 297 g/mol. The van der Waals surface area contributed by atoms with Crippen molar-refractivity contribution in [2.24, 2.45) is 0 Å². The maximum Gasteiger partial charge on any atom is 0.416 e. The summed E-state index contributed by atoms with van der Waals surface area (Å²) in [6.07, 6.45) is -1.59. The summed E-state index contributed by atoms with van der Waals surface area (Å²) in [6.45, 7) is 0.132. The van der Waals surface area contributed by atoms with E-state index in [9.17, 15) is 23.1 Å². The number of hydrogen-bond acceptors (Lipinski definition) is 2. The van der Waals surface area contributed by atoms with Crippen LogP contribution >= 0.6 is 0 Å². The van der Waals surface area contributed by atoms with Crippen molar-refractivity contribution >= 4 is 6.03 Å². The average molecular weight is 316 g/mol. The van der Waals surface area contributed by atoms with Crippen LogP contribution in [0.3, 0.4) is 0 Å². The maximum absolute atomic E-state index is 12.4. The SMILES string of the molecule is O=C(NCc1ccc(C(F)(F)F)cc1)NC1CCCCC1O. The summed E-state index contributed by atoms with van der Waals surface area (Å²) < 4.78 is 37.3. The summed E-state index contributed by atoms with van der Waals surface area (Å²) in [7, 11) is 0. The molecule has 3 N–H and O–H groups in total. The molecule has 4 nitrogen and oxygen atoms in total. The van der Waals surface area contributed by atoms with Crippen LogP contribution in [-0.2, 0) is 12.7 Å². The number of benzene rings is 1. The normalized spacial score (nSPS) is 22.2. The first-order chi connectivity index (χ1) is 10.4. The Kier molecular flexibility index (Phi) is 5.28. The Labute approximate surface area is 126 Å². The highest BCUT2D eigenvalue weighted by atomic mass is 19.4. The van der Waals surface area contributed by atoms with Gasteiger partial charge in [-0.3, -0.25) is 0 Å². The van der Waals surface area contributed by atoms with Gasteiger partial charge in [0, 0.05) is 6.54 Å². The van der Waals surface area contributed by atoms with E-state index in [4.69, 9.17) is 0 Å². The second-order valence-corrected chi connectivity index (χ2v) is 5.48. The molecule has 7 heteroatoms. The molecular formula is C15H19F3N2O2. The molecule has 0 aromatic heterocycles. The van der Waals surface area contributed by atoms with Gasteiger partial charge in [0.05, 0.1) is 17.7 Å². The van der Waals surface area contributed by atoms with Crippen molar-refractivity contribution in [3.8, 4) is 0 Å². The summed E-state index contributed by atoms with van der Waals surface area (Å²) in [5.41, 5.74) is -0.140. The topological polar surface area (TPSA) is 61.4 Å². The average Bonchev–Trinajstić information content (AvgIpc) is 2.47. The molecule has 0 bridgehead atoms. The van der Waals surface area contributed by atoms with E-state index in [0.29, 0.717) is 12.0 Å². The molecule has 1 fully saturated rings. The summed E-state index contributed by atoms with van der Waals surface area (Å²) in [4.78, 5) is 11.7. The van der Waals surface area contributed by atoms with Crippen LogP contribution in [-0.4, -0.2) is 23.3 Å². The van der Waals surface area contributed by atoms with Crippen molar-refractivity contribution in [3.63, 3.8) is 0 Å². The van der Waals surface area contributed by atoms with Crippen LogP contribution in [0.25, 0.3) is 0 Å². The number of aliphatic hydroxyl groups excluding tert-OH is 1. The largest absolute Gasteiger partial charge is 0.416 e. The molecule has 0 heterocycles. The smallest absolute Gasteiger partial charge is 0.391 e. The zero-order chi connectivity index (χ0) is 16.2. The second-order valence-electron chi connectivity index (χ2n) is 5.48. The first-order valence-corrected chi connectivity index (χ1v) is 7.25. The number of alkyl halides is 3. The molecule has 2 rings (SSSR count). The Hall–Kier alpha value is -1.76. The van der Waals surface area contributed by atoms with Crippen molar-refractivity contribution in [2.45, 2.75) is 50.6 Å². The Balaban J connectivity index is 1.81. The molecule has 0 radical (unpaired) electrons. The van der Waals surface area contributed by atoms with Crippen molar-refractivity contribution in [1.29, 1.82) is 0 Å². The monoisotopic (exact) mass is 316 g/mol. The fourth-order valence-corrected chi connectivity index (χ4v) is 2.49. The van der Waals surface area contributed by atoms with Crippen molar-refractivity contribution in [3.05, 3.63) is 35.4 Å². The second kappa shape index (κ2) is 7.00. The van der Waals surface area contributed by atoms with E-state index >= 15 is 0 Å². The predicted molar refractivity (Wildman–Crippen MR) is 75.1 cm³/mol. The van der Waals surface area contributed by atoms with Gasteiger partial charge in [0.2, 0.25) is 0 Å². The lowest BCUT2D eigenvalue weighted by molar-refractivity contribution is -0.137. The van der Waals surface area contributed by atoms with Gasteiger partial charge in [-0.2, -0.15) is 13.2 Å². The lowest BCUT2D eigenvalue weighted by Crippen LogP contribution is -2.48. The molecule has 1 saturated carbocycles. The van der Waals surface area contributed by atoms with Gasteiger partial charge in [-0.25, -0.2) is 4.79 Å². The minimum Gasteiger partial charge on any atom is -0.391 e. The highest BCUT2D eigenvalue weighted by Gasteiger charge is 2.30. The van der Waals surface area contributed by atoms with Crippen LogP contribution in [0.1, 0.15) is 36.8 Å². The molecule has 2 amide bonds. The number of carbonyl (C=O) groups excluding carboxylic acids is 1. The van der Waals surface area contributed by atoms with E-state index in [1.807, 2.05) is 0 Å². The Bertz CT molecular complexity index is 503. The fourth-order valence-electron chi connectivity index (χ4n) is 2.49. The summed E-state index contributed by atoms with van der Waals surface area (Å²) in [5, 5.41) is 15.0. The molecule has 2 unspecified atom stereocenters. The minimum absolute atomic E-state index is 0.132. The molecule has 0 aliphatic heterocycles. The van der Waals surface area contributed by atoms with Gasteiger partial charge in [-0.05, 0) is 30.5 Å². The number of urea groups is 1. The highest BCUT2D eigenvalue weighted by Crippen LogP contribution is 2.29. The van der Waals surface area contributed by atoms with Gasteiger partial charge >= 0.3 is 12.2 Å². The number of rotatable bonds is 3. The van der Waals surface area contributed by atoms with Crippen molar-refractivity contribution in [1.82, 2.24) is 10.6 Å². The summed E-state index contributed by atoms with van der Waals surface area (Å²) >= 11 is 0. The van der Waals surface area contributed by atoms with Crippen molar-refractivity contribution in [2.75, 3.05) is 0 Å². The van der Waals surface area contributed by atoms with Crippen LogP contribution in [0, 0.1) is 0 Å². The molecule has 0 saturated heterocycles. The number of hydrogen-bond donors (Lipinski definition) is 3. The van der Waals surface area contributed by atoms with Gasteiger partial charge in [0.1, 0.15) is 0 Å². The van der Waals surface area contributed by atoms with Gasteiger partial charge in [0.25, 0.3) is 0 Å². The highest BCUT2D eigenvalue weighted by molar-refractivity contribution is 5.74. The van der Waals surface area contributed by atoms with Gasteiger partial charge in [-0.1, -0.05) is 25.0 Å².